The summed E-state index contributed by atoms with van der Waals surface area (Å²) in [6, 6.07) is 13.4. The fraction of sp³-hybridized carbons (Fsp3) is 0.200. The van der Waals surface area contributed by atoms with Gasteiger partial charge in [-0.15, -0.1) is 13.2 Å². The number of alkyl halides is 3. The molecule has 3 aromatic heterocycles. The predicted octanol–water partition coefficient (Wildman–Crippen LogP) is 5.06. The van der Waals surface area contributed by atoms with E-state index in [1.807, 2.05) is 30.5 Å². The van der Waals surface area contributed by atoms with Crippen molar-refractivity contribution in [2.24, 2.45) is 0 Å². The Bertz CT molecular complexity index is 1280. The molecular weight excluding hydrogens is 443 g/mol. The smallest absolute Gasteiger partial charge is 0.406 e. The molecule has 4 aromatic rings. The predicted molar refractivity (Wildman–Crippen MR) is 119 cm³/mol. The van der Waals surface area contributed by atoms with E-state index in [1.54, 1.807) is 24.7 Å². The van der Waals surface area contributed by atoms with Crippen LogP contribution in [-0.4, -0.2) is 37.7 Å². The van der Waals surface area contributed by atoms with Crippen molar-refractivity contribution in [3.63, 3.8) is 0 Å². The quantitative estimate of drug-likeness (QED) is 0.412. The van der Waals surface area contributed by atoms with Crippen LogP contribution in [0, 0.1) is 0 Å². The molecule has 1 aliphatic rings. The van der Waals surface area contributed by atoms with Gasteiger partial charge in [-0.3, -0.25) is 14.9 Å². The highest BCUT2D eigenvalue weighted by Gasteiger charge is 2.31. The van der Waals surface area contributed by atoms with Crippen LogP contribution >= 0.6 is 0 Å². The van der Waals surface area contributed by atoms with E-state index in [0.29, 0.717) is 23.6 Å². The first kappa shape index (κ1) is 22.0. The number of hydrogen-bond acceptors (Lipinski definition) is 6. The number of fused-ring (bicyclic) bond motifs is 1. The molecule has 0 saturated carbocycles. The van der Waals surface area contributed by atoms with Gasteiger partial charge in [0.25, 0.3) is 0 Å². The molecule has 9 heteroatoms. The van der Waals surface area contributed by atoms with Gasteiger partial charge in [0, 0.05) is 67.5 Å². The first-order chi connectivity index (χ1) is 16.4. The average Bonchev–Trinajstić information content (AvgIpc) is 2.84. The molecule has 0 bridgehead atoms. The van der Waals surface area contributed by atoms with Crippen molar-refractivity contribution in [2.75, 3.05) is 6.54 Å². The summed E-state index contributed by atoms with van der Waals surface area (Å²) in [4.78, 5) is 20.1. The molecule has 0 unspecified atom stereocenters. The summed E-state index contributed by atoms with van der Waals surface area (Å²) in [6.45, 7) is 2.30. The van der Waals surface area contributed by atoms with Crippen LogP contribution in [0.1, 0.15) is 16.8 Å². The van der Waals surface area contributed by atoms with E-state index in [0.717, 1.165) is 41.9 Å². The Hall–Kier alpha value is -3.85. The Labute approximate surface area is 194 Å². The molecule has 5 rings (SSSR count). The van der Waals surface area contributed by atoms with E-state index in [-0.39, 0.29) is 5.75 Å². The fourth-order valence-corrected chi connectivity index (χ4v) is 3.94. The zero-order valence-corrected chi connectivity index (χ0v) is 18.0. The zero-order valence-electron chi connectivity index (χ0n) is 18.0. The van der Waals surface area contributed by atoms with E-state index < -0.39 is 6.36 Å². The summed E-state index contributed by atoms with van der Waals surface area (Å²) in [5.74, 6) is 0.418. The molecule has 6 nitrogen and oxygen atoms in total. The summed E-state index contributed by atoms with van der Waals surface area (Å²) in [5, 5.41) is 0. The van der Waals surface area contributed by atoms with Crippen LogP contribution in [0.2, 0.25) is 0 Å². The Morgan fingerprint density at radius 3 is 2.59 bits per heavy atom. The SMILES string of the molecule is FC(F)(F)Oc1cccc(-c2ccc(CN3CCc4nc(-c5cccnc5)ncc4C3)cn2)c1. The van der Waals surface area contributed by atoms with Gasteiger partial charge in [0.05, 0.1) is 11.4 Å². The molecule has 1 aromatic carbocycles. The minimum Gasteiger partial charge on any atom is -0.406 e. The molecule has 0 N–H and O–H groups in total. The van der Waals surface area contributed by atoms with Crippen LogP contribution < -0.4 is 4.74 Å². The summed E-state index contributed by atoms with van der Waals surface area (Å²) in [5.41, 5.74) is 5.21. The number of rotatable bonds is 5. The van der Waals surface area contributed by atoms with Crippen LogP contribution in [0.3, 0.4) is 0 Å². The fourth-order valence-electron chi connectivity index (χ4n) is 3.94. The molecule has 0 saturated heterocycles. The number of aromatic nitrogens is 4. The van der Waals surface area contributed by atoms with E-state index >= 15 is 0 Å². The van der Waals surface area contributed by atoms with Gasteiger partial charge < -0.3 is 4.74 Å². The van der Waals surface area contributed by atoms with Crippen molar-refractivity contribution < 1.29 is 17.9 Å². The van der Waals surface area contributed by atoms with Gasteiger partial charge in [-0.1, -0.05) is 18.2 Å². The molecule has 1 aliphatic heterocycles. The monoisotopic (exact) mass is 463 g/mol. The van der Waals surface area contributed by atoms with E-state index in [2.05, 4.69) is 24.6 Å². The third-order valence-electron chi connectivity index (χ3n) is 5.53. The van der Waals surface area contributed by atoms with Crippen molar-refractivity contribution in [2.45, 2.75) is 25.9 Å². The van der Waals surface area contributed by atoms with E-state index in [1.165, 1.54) is 18.2 Å². The van der Waals surface area contributed by atoms with Gasteiger partial charge >= 0.3 is 6.36 Å². The molecule has 0 fully saturated rings. The van der Waals surface area contributed by atoms with Crippen molar-refractivity contribution >= 4 is 0 Å². The molecule has 0 amide bonds. The maximum absolute atomic E-state index is 12.5. The van der Waals surface area contributed by atoms with Crippen molar-refractivity contribution in [1.82, 2.24) is 24.8 Å². The maximum atomic E-state index is 12.5. The lowest BCUT2D eigenvalue weighted by Crippen LogP contribution is -2.31. The molecule has 0 aliphatic carbocycles. The van der Waals surface area contributed by atoms with Gasteiger partial charge in [0.1, 0.15) is 5.75 Å². The first-order valence-electron chi connectivity index (χ1n) is 10.7. The molecule has 0 atom stereocenters. The largest absolute Gasteiger partial charge is 0.573 e. The van der Waals surface area contributed by atoms with Crippen LogP contribution in [0.15, 0.2) is 73.3 Å². The first-order valence-corrected chi connectivity index (χ1v) is 10.7. The second kappa shape index (κ2) is 9.18. The second-order valence-electron chi connectivity index (χ2n) is 8.00. The minimum atomic E-state index is -4.73. The summed E-state index contributed by atoms with van der Waals surface area (Å²) >= 11 is 0. The topological polar surface area (TPSA) is 64.0 Å². The maximum Gasteiger partial charge on any atom is 0.573 e. The zero-order chi connectivity index (χ0) is 23.5. The van der Waals surface area contributed by atoms with Crippen LogP contribution in [0.4, 0.5) is 13.2 Å². The van der Waals surface area contributed by atoms with Crippen molar-refractivity contribution in [3.8, 4) is 28.4 Å². The standard InChI is InChI=1S/C25H20F3N5O/c26-25(27,28)34-21-5-1-3-18(11-21)22-7-6-17(12-30-22)15-33-10-8-23-20(16-33)14-31-24(32-23)19-4-2-9-29-13-19/h1-7,9,11-14H,8,10,15-16H2. The van der Waals surface area contributed by atoms with Gasteiger partial charge in [-0.25, -0.2) is 9.97 Å². The highest BCUT2D eigenvalue weighted by Crippen LogP contribution is 2.27. The number of nitrogens with zero attached hydrogens (tertiary/aromatic N) is 5. The Balaban J connectivity index is 1.25. The lowest BCUT2D eigenvalue weighted by atomic mass is 10.1. The molecular formula is C25H20F3N5O. The molecule has 0 radical (unpaired) electrons. The average molecular weight is 463 g/mol. The van der Waals surface area contributed by atoms with Gasteiger partial charge in [0.2, 0.25) is 0 Å². The third kappa shape index (κ3) is 5.20. The lowest BCUT2D eigenvalue weighted by molar-refractivity contribution is -0.274. The van der Waals surface area contributed by atoms with Crippen LogP contribution in [0.5, 0.6) is 5.75 Å². The second-order valence-corrected chi connectivity index (χ2v) is 8.00. The van der Waals surface area contributed by atoms with Gasteiger partial charge in [0.15, 0.2) is 5.82 Å². The van der Waals surface area contributed by atoms with Gasteiger partial charge in [-0.2, -0.15) is 0 Å². The molecule has 4 heterocycles. The number of halogens is 3. The Morgan fingerprint density at radius 1 is 0.941 bits per heavy atom. The molecule has 172 valence electrons. The van der Waals surface area contributed by atoms with Crippen LogP contribution in [0.25, 0.3) is 22.6 Å². The number of pyridine rings is 2. The summed E-state index contributed by atoms with van der Waals surface area (Å²) in [7, 11) is 0. The molecule has 0 spiro atoms. The normalized spacial score (nSPS) is 14.0. The summed E-state index contributed by atoms with van der Waals surface area (Å²) < 4.78 is 41.5. The van der Waals surface area contributed by atoms with Crippen molar-refractivity contribution in [3.05, 3.63) is 90.1 Å². The highest BCUT2D eigenvalue weighted by molar-refractivity contribution is 5.61. The van der Waals surface area contributed by atoms with Gasteiger partial charge in [-0.05, 0) is 35.9 Å². The number of ether oxygens (including phenoxy) is 1. The Morgan fingerprint density at radius 2 is 1.82 bits per heavy atom. The third-order valence-corrected chi connectivity index (χ3v) is 5.53. The number of benzene rings is 1. The number of hydrogen-bond donors (Lipinski definition) is 0. The van der Waals surface area contributed by atoms with Crippen LogP contribution in [-0.2, 0) is 19.5 Å². The summed E-state index contributed by atoms with van der Waals surface area (Å²) in [6.07, 6.45) is 3.21. The Kier molecular flexibility index (Phi) is 5.93. The minimum absolute atomic E-state index is 0.267. The van der Waals surface area contributed by atoms with Crippen molar-refractivity contribution in [1.29, 1.82) is 0 Å². The van der Waals surface area contributed by atoms with E-state index in [4.69, 9.17) is 4.98 Å². The molecule has 34 heavy (non-hydrogen) atoms. The highest BCUT2D eigenvalue weighted by atomic mass is 19.4. The van der Waals surface area contributed by atoms with E-state index in [9.17, 15) is 13.2 Å². The lowest BCUT2D eigenvalue weighted by Gasteiger charge is -2.28.